The minimum atomic E-state index is -1.11. The molecule has 0 saturated carbocycles. The second-order valence-corrected chi connectivity index (χ2v) is 3.64. The van der Waals surface area contributed by atoms with Gasteiger partial charge in [0, 0.05) is 6.54 Å². The second kappa shape index (κ2) is 7.41. The van der Waals surface area contributed by atoms with Crippen molar-refractivity contribution in [2.24, 2.45) is 0 Å². The van der Waals surface area contributed by atoms with Gasteiger partial charge in [0.15, 0.2) is 0 Å². The van der Waals surface area contributed by atoms with Crippen molar-refractivity contribution in [3.05, 3.63) is 35.4 Å². The van der Waals surface area contributed by atoms with Gasteiger partial charge in [-0.3, -0.25) is 4.79 Å². The quantitative estimate of drug-likeness (QED) is 0.630. The van der Waals surface area contributed by atoms with Crippen molar-refractivity contribution in [1.29, 1.82) is 0 Å². The normalized spacial score (nSPS) is 10.1. The zero-order chi connectivity index (χ0) is 13.4. The Hall–Kier alpha value is -1.92. The Kier molecular flexibility index (Phi) is 5.83. The third-order valence-corrected chi connectivity index (χ3v) is 2.15. The maximum absolute atomic E-state index is 11.3. The first-order valence-corrected chi connectivity index (χ1v) is 5.36. The number of benzene rings is 1. The smallest absolute Gasteiger partial charge is 0.329 e. The van der Waals surface area contributed by atoms with Crippen LogP contribution >= 0.6 is 0 Å². The third-order valence-electron chi connectivity index (χ3n) is 2.15. The zero-order valence-electron chi connectivity index (χ0n) is 9.76. The molecule has 0 fully saturated rings. The molecule has 98 valence electrons. The minimum Gasteiger partial charge on any atom is -0.480 e. The number of amides is 1. The molecule has 0 saturated heterocycles. The molecule has 6 nitrogen and oxygen atoms in total. The zero-order valence-corrected chi connectivity index (χ0v) is 9.76. The van der Waals surface area contributed by atoms with Gasteiger partial charge in [0.05, 0.1) is 6.61 Å². The summed E-state index contributed by atoms with van der Waals surface area (Å²) in [6.45, 7) is -0.448. The number of hydrogen-bond donors (Lipinski definition) is 3. The molecule has 0 aliphatic carbocycles. The lowest BCUT2D eigenvalue weighted by Gasteiger charge is -2.06. The summed E-state index contributed by atoms with van der Waals surface area (Å²) in [6.07, 6.45) is 0. The molecule has 1 aromatic carbocycles. The molecule has 0 bridgehead atoms. The van der Waals surface area contributed by atoms with Gasteiger partial charge in [-0.15, -0.1) is 0 Å². The van der Waals surface area contributed by atoms with Gasteiger partial charge in [0.25, 0.3) is 0 Å². The molecule has 18 heavy (non-hydrogen) atoms. The molecule has 0 aliphatic rings. The van der Waals surface area contributed by atoms with E-state index in [1.54, 1.807) is 24.3 Å². The highest BCUT2D eigenvalue weighted by molar-refractivity contribution is 5.77. The minimum absolute atomic E-state index is 0.0182. The Morgan fingerprint density at radius 1 is 1.11 bits per heavy atom. The van der Waals surface area contributed by atoms with Crippen LogP contribution in [0.1, 0.15) is 11.1 Å². The number of carbonyl (C=O) groups excluding carboxylic acids is 1. The lowest BCUT2D eigenvalue weighted by Crippen LogP contribution is -2.28. The van der Waals surface area contributed by atoms with Gasteiger partial charge >= 0.3 is 5.97 Å². The lowest BCUT2D eigenvalue weighted by molar-refractivity contribution is -0.143. The summed E-state index contributed by atoms with van der Waals surface area (Å²) in [5.41, 5.74) is 1.69. The van der Waals surface area contributed by atoms with Gasteiger partial charge in [-0.25, -0.2) is 4.79 Å². The molecule has 0 aliphatic heterocycles. The van der Waals surface area contributed by atoms with E-state index in [1.807, 2.05) is 0 Å². The highest BCUT2D eigenvalue weighted by Gasteiger charge is 2.03. The number of carbonyl (C=O) groups is 2. The fourth-order valence-corrected chi connectivity index (χ4v) is 1.25. The number of carboxylic acids is 1. The van der Waals surface area contributed by atoms with Gasteiger partial charge in [-0.05, 0) is 11.1 Å². The van der Waals surface area contributed by atoms with Crippen molar-refractivity contribution in [1.82, 2.24) is 5.32 Å². The molecule has 0 heterocycles. The Labute approximate surface area is 104 Å². The summed E-state index contributed by atoms with van der Waals surface area (Å²) in [6, 6.07) is 7.12. The molecule has 1 rings (SSSR count). The maximum Gasteiger partial charge on any atom is 0.329 e. The summed E-state index contributed by atoms with van der Waals surface area (Å²) in [5.74, 6) is -1.48. The van der Waals surface area contributed by atoms with Crippen LogP contribution in [0.15, 0.2) is 24.3 Å². The second-order valence-electron chi connectivity index (χ2n) is 3.64. The van der Waals surface area contributed by atoms with Crippen LogP contribution in [-0.2, 0) is 27.5 Å². The number of carboxylic acid groups (broad SMARTS) is 1. The van der Waals surface area contributed by atoms with Gasteiger partial charge in [0.2, 0.25) is 5.91 Å². The molecule has 0 radical (unpaired) electrons. The van der Waals surface area contributed by atoms with Crippen LogP contribution in [0.3, 0.4) is 0 Å². The number of nitrogens with one attached hydrogen (secondary N) is 1. The molecule has 6 heteroatoms. The van der Waals surface area contributed by atoms with Crippen molar-refractivity contribution in [2.75, 3.05) is 13.2 Å². The fraction of sp³-hybridized carbons (Fsp3) is 0.333. The van der Waals surface area contributed by atoms with Crippen LogP contribution in [0.25, 0.3) is 0 Å². The Morgan fingerprint density at radius 2 is 1.72 bits per heavy atom. The lowest BCUT2D eigenvalue weighted by atomic mass is 10.1. The molecule has 1 aromatic rings. The van der Waals surface area contributed by atoms with E-state index in [0.29, 0.717) is 6.54 Å². The SMILES string of the molecule is O=C(O)COCC(=O)NCc1ccc(CO)cc1. The van der Waals surface area contributed by atoms with Crippen molar-refractivity contribution in [3.8, 4) is 0 Å². The highest BCUT2D eigenvalue weighted by atomic mass is 16.5. The van der Waals surface area contributed by atoms with E-state index in [9.17, 15) is 9.59 Å². The molecule has 0 spiro atoms. The summed E-state index contributed by atoms with van der Waals surface area (Å²) in [5, 5.41) is 19.8. The Balaban J connectivity index is 2.26. The molecular formula is C12H15NO5. The van der Waals surface area contributed by atoms with E-state index in [2.05, 4.69) is 10.1 Å². The molecule has 0 unspecified atom stereocenters. The number of rotatable bonds is 7. The van der Waals surface area contributed by atoms with Crippen molar-refractivity contribution >= 4 is 11.9 Å². The Bertz CT molecular complexity index is 401. The van der Waals surface area contributed by atoms with Crippen LogP contribution in [0.4, 0.5) is 0 Å². The maximum atomic E-state index is 11.3. The fourth-order valence-electron chi connectivity index (χ4n) is 1.25. The van der Waals surface area contributed by atoms with Gasteiger partial charge in [-0.1, -0.05) is 24.3 Å². The predicted octanol–water partition coefficient (Wildman–Crippen LogP) is -0.104. The average Bonchev–Trinajstić information content (AvgIpc) is 2.36. The van der Waals surface area contributed by atoms with E-state index in [1.165, 1.54) is 0 Å². The third kappa shape index (κ3) is 5.42. The molecule has 3 N–H and O–H groups in total. The van der Waals surface area contributed by atoms with Crippen LogP contribution in [-0.4, -0.2) is 35.3 Å². The Morgan fingerprint density at radius 3 is 2.28 bits per heavy atom. The first-order chi connectivity index (χ1) is 8.61. The highest BCUT2D eigenvalue weighted by Crippen LogP contribution is 2.03. The molecule has 0 aromatic heterocycles. The summed E-state index contributed by atoms with van der Waals surface area (Å²) in [4.78, 5) is 21.4. The van der Waals surface area contributed by atoms with Gasteiger partial charge in [0.1, 0.15) is 13.2 Å². The summed E-state index contributed by atoms with van der Waals surface area (Å²) >= 11 is 0. The summed E-state index contributed by atoms with van der Waals surface area (Å²) < 4.78 is 4.64. The van der Waals surface area contributed by atoms with Crippen LogP contribution in [0.5, 0.6) is 0 Å². The van der Waals surface area contributed by atoms with Crippen LogP contribution in [0.2, 0.25) is 0 Å². The monoisotopic (exact) mass is 253 g/mol. The standard InChI is InChI=1S/C12H15NO5/c14-6-10-3-1-9(2-4-10)5-13-11(15)7-18-8-12(16)17/h1-4,14H,5-8H2,(H,13,15)(H,16,17). The first kappa shape index (κ1) is 14.1. The van der Waals surface area contributed by atoms with Crippen molar-refractivity contribution in [3.63, 3.8) is 0 Å². The van der Waals surface area contributed by atoms with Crippen LogP contribution in [0, 0.1) is 0 Å². The van der Waals surface area contributed by atoms with E-state index >= 15 is 0 Å². The molecule has 1 amide bonds. The average molecular weight is 253 g/mol. The number of ether oxygens (including phenoxy) is 1. The molecule has 0 atom stereocenters. The first-order valence-electron chi connectivity index (χ1n) is 5.36. The number of aliphatic hydroxyl groups excluding tert-OH is 1. The number of hydrogen-bond acceptors (Lipinski definition) is 4. The van der Waals surface area contributed by atoms with E-state index in [0.717, 1.165) is 11.1 Å². The topological polar surface area (TPSA) is 95.9 Å². The predicted molar refractivity (Wildman–Crippen MR) is 62.7 cm³/mol. The number of aliphatic carboxylic acids is 1. The van der Waals surface area contributed by atoms with Crippen molar-refractivity contribution < 1.29 is 24.5 Å². The largest absolute Gasteiger partial charge is 0.480 e. The van der Waals surface area contributed by atoms with Gasteiger partial charge in [-0.2, -0.15) is 0 Å². The van der Waals surface area contributed by atoms with E-state index in [4.69, 9.17) is 10.2 Å². The number of aliphatic hydroxyl groups is 1. The van der Waals surface area contributed by atoms with E-state index < -0.39 is 12.6 Å². The van der Waals surface area contributed by atoms with Gasteiger partial charge < -0.3 is 20.3 Å². The summed E-state index contributed by atoms with van der Waals surface area (Å²) in [7, 11) is 0. The molecular weight excluding hydrogens is 238 g/mol. The van der Waals surface area contributed by atoms with E-state index in [-0.39, 0.29) is 19.1 Å². The van der Waals surface area contributed by atoms with Crippen molar-refractivity contribution in [2.45, 2.75) is 13.2 Å². The van der Waals surface area contributed by atoms with Crippen LogP contribution < -0.4 is 5.32 Å².